The summed E-state index contributed by atoms with van der Waals surface area (Å²) in [5.74, 6) is -1.41. The van der Waals surface area contributed by atoms with E-state index in [0.717, 1.165) is 4.57 Å². The van der Waals surface area contributed by atoms with Gasteiger partial charge >= 0.3 is 25.3 Å². The van der Waals surface area contributed by atoms with Gasteiger partial charge in [0.1, 0.15) is 48.4 Å². The Morgan fingerprint density at radius 2 is 1.83 bits per heavy atom. The lowest BCUT2D eigenvalue weighted by molar-refractivity contribution is -0.142. The summed E-state index contributed by atoms with van der Waals surface area (Å²) in [7, 11) is -4.04. The number of ether oxygens (including phenoxy) is 3. The normalized spacial score (nSPS) is 29.5. The predicted molar refractivity (Wildman–Crippen MR) is 119 cm³/mol. The zero-order valence-corrected chi connectivity index (χ0v) is 20.4. The molecule has 0 bridgehead atoms. The van der Waals surface area contributed by atoms with E-state index >= 15 is 0 Å². The molecule has 196 valence electrons. The number of nitrogens with zero attached hydrogens (tertiary/aromatic N) is 2. The van der Waals surface area contributed by atoms with Gasteiger partial charge in [0, 0.05) is 6.20 Å². The third-order valence-corrected chi connectivity index (χ3v) is 7.54. The number of carbonyl (C=O) groups excluding carboxylic acids is 2. The monoisotopic (exact) mass is 519 g/mol. The largest absolute Gasteiger partial charge is 0.465 e. The molecule has 3 unspecified atom stereocenters. The molecule has 0 amide bonds. The van der Waals surface area contributed by atoms with E-state index in [1.807, 2.05) is 0 Å². The van der Waals surface area contributed by atoms with Gasteiger partial charge in [-0.15, -0.1) is 0 Å². The van der Waals surface area contributed by atoms with Crippen molar-refractivity contribution < 1.29 is 43.1 Å². The van der Waals surface area contributed by atoms with Crippen molar-refractivity contribution in [3.05, 3.63) is 22.7 Å². The van der Waals surface area contributed by atoms with Crippen molar-refractivity contribution in [3.63, 3.8) is 0 Å². The minimum absolute atomic E-state index is 0.00309. The first kappa shape index (κ1) is 27.2. The molecule has 16 heteroatoms. The van der Waals surface area contributed by atoms with Gasteiger partial charge in [-0.05, 0) is 26.8 Å². The first-order chi connectivity index (χ1) is 16.4. The number of hydrogen-bond donors (Lipinski definition) is 5. The van der Waals surface area contributed by atoms with Gasteiger partial charge in [0.15, 0.2) is 0 Å². The highest BCUT2D eigenvalue weighted by atomic mass is 31.2. The molecule has 2 fully saturated rings. The van der Waals surface area contributed by atoms with Gasteiger partial charge in [0.2, 0.25) is 0 Å². The number of nitrogens with two attached hydrogens (primary N) is 1. The molecule has 5 atom stereocenters. The molecular weight excluding hydrogens is 489 g/mol. The average Bonchev–Trinajstić information content (AvgIpc) is 3.20. The van der Waals surface area contributed by atoms with Crippen LogP contribution in [0.1, 0.15) is 26.8 Å². The van der Waals surface area contributed by atoms with E-state index in [0.29, 0.717) is 0 Å². The highest BCUT2D eigenvalue weighted by Crippen LogP contribution is 2.67. The number of esters is 2. The maximum Gasteiger partial charge on any atom is 0.349 e. The van der Waals surface area contributed by atoms with Crippen molar-refractivity contribution in [2.45, 2.75) is 50.2 Å². The standard InChI is InChI=1S/C19H30N5O10P/c1-4-31-13(25)8-21-35(30,22-9-14(26)32-5-2)33-10-11-15(27)19(29)16(18(19,3)34-11)24-7-6-12(20)23-17(24)28/h6-7,11,15-16,27,29H,4-5,8-10H2,1-3H3,(H2,20,23,28)(H2,21,22,30)/t11-,15?,16-,18?,19?/m1/s1. The molecular formula is C19H30N5O10P. The summed E-state index contributed by atoms with van der Waals surface area (Å²) < 4.78 is 35.1. The maximum absolute atomic E-state index is 13.2. The number of carbonyl (C=O) groups is 2. The topological polar surface area (TPSA) is 214 Å². The highest BCUT2D eigenvalue weighted by Gasteiger charge is 2.85. The smallest absolute Gasteiger partial charge is 0.349 e. The van der Waals surface area contributed by atoms with Gasteiger partial charge in [-0.1, -0.05) is 0 Å². The van der Waals surface area contributed by atoms with Gasteiger partial charge in [-0.3, -0.25) is 18.7 Å². The Balaban J connectivity index is 1.68. The second kappa shape index (κ2) is 10.3. The molecule has 3 rings (SSSR count). The Kier molecular flexibility index (Phi) is 8.01. The first-order valence-electron chi connectivity index (χ1n) is 10.9. The van der Waals surface area contributed by atoms with Gasteiger partial charge in [0.25, 0.3) is 0 Å². The second-order valence-electron chi connectivity index (χ2n) is 8.11. The van der Waals surface area contributed by atoms with E-state index < -0.39 is 74.4 Å². The molecule has 1 saturated heterocycles. The van der Waals surface area contributed by atoms with E-state index in [-0.39, 0.29) is 19.0 Å². The number of fused-ring (bicyclic) bond motifs is 1. The number of aliphatic hydroxyl groups excluding tert-OH is 1. The van der Waals surface area contributed by atoms with E-state index in [2.05, 4.69) is 15.2 Å². The maximum atomic E-state index is 13.2. The number of aromatic nitrogens is 2. The van der Waals surface area contributed by atoms with Crippen molar-refractivity contribution in [1.29, 1.82) is 0 Å². The van der Waals surface area contributed by atoms with Gasteiger partial charge in [-0.2, -0.15) is 4.98 Å². The molecule has 1 aliphatic carbocycles. The van der Waals surface area contributed by atoms with Gasteiger partial charge < -0.3 is 34.7 Å². The summed E-state index contributed by atoms with van der Waals surface area (Å²) in [5.41, 5.74) is 1.55. The van der Waals surface area contributed by atoms with E-state index in [1.165, 1.54) is 19.2 Å². The van der Waals surface area contributed by atoms with Crippen molar-refractivity contribution in [1.82, 2.24) is 19.7 Å². The molecule has 15 nitrogen and oxygen atoms in total. The lowest BCUT2D eigenvalue weighted by Crippen LogP contribution is -2.42. The molecule has 0 radical (unpaired) electrons. The van der Waals surface area contributed by atoms with Crippen molar-refractivity contribution in [2.75, 3.05) is 38.6 Å². The minimum atomic E-state index is -4.04. The Bertz CT molecular complexity index is 1040. The second-order valence-corrected chi connectivity index (χ2v) is 10.1. The van der Waals surface area contributed by atoms with Crippen LogP contribution >= 0.6 is 7.67 Å². The molecule has 1 saturated carbocycles. The predicted octanol–water partition coefficient (Wildman–Crippen LogP) is -1.94. The third-order valence-electron chi connectivity index (χ3n) is 5.87. The number of rotatable bonds is 12. The van der Waals surface area contributed by atoms with Crippen LogP contribution in [0.2, 0.25) is 0 Å². The molecule has 6 N–H and O–H groups in total. The quantitative estimate of drug-likeness (QED) is 0.150. The van der Waals surface area contributed by atoms with E-state index in [9.17, 15) is 29.2 Å². The van der Waals surface area contributed by atoms with Crippen molar-refractivity contribution in [3.8, 4) is 0 Å². The number of anilines is 1. The number of hydrogen-bond acceptors (Lipinski definition) is 12. The van der Waals surface area contributed by atoms with Crippen LogP contribution in [-0.2, 0) is 32.9 Å². The summed E-state index contributed by atoms with van der Waals surface area (Å²) >= 11 is 0. The summed E-state index contributed by atoms with van der Waals surface area (Å²) in [6, 6.07) is 0.424. The molecule has 1 aromatic rings. The molecule has 35 heavy (non-hydrogen) atoms. The lowest BCUT2D eigenvalue weighted by atomic mass is 10.1. The number of nitrogen functional groups attached to an aromatic ring is 1. The SMILES string of the molecule is CCOC(=O)CNP(=O)(NCC(=O)OCC)OC[C@H]1OC2(C)[C@@H](n3ccc(N)nc3=O)C2(O)C1O. The Labute approximate surface area is 200 Å². The van der Waals surface area contributed by atoms with E-state index in [1.54, 1.807) is 13.8 Å². The van der Waals surface area contributed by atoms with Crippen LogP contribution in [0.5, 0.6) is 0 Å². The summed E-state index contributed by atoms with van der Waals surface area (Å²) in [6.07, 6.45) is -1.35. The zero-order valence-electron chi connectivity index (χ0n) is 19.5. The molecule has 1 aliphatic heterocycles. The summed E-state index contributed by atoms with van der Waals surface area (Å²) in [4.78, 5) is 39.2. The molecule has 2 heterocycles. The van der Waals surface area contributed by atoms with Crippen molar-refractivity contribution >= 4 is 25.4 Å². The van der Waals surface area contributed by atoms with Crippen LogP contribution in [0.15, 0.2) is 17.1 Å². The van der Waals surface area contributed by atoms with E-state index in [4.69, 9.17) is 24.5 Å². The molecule has 0 aromatic carbocycles. The fourth-order valence-electron chi connectivity index (χ4n) is 4.17. The molecule has 2 aliphatic rings. The molecule has 1 aromatic heterocycles. The van der Waals surface area contributed by atoms with Gasteiger partial charge in [-0.25, -0.2) is 15.0 Å². The fourth-order valence-corrected chi connectivity index (χ4v) is 5.49. The van der Waals surface area contributed by atoms with Gasteiger partial charge in [0.05, 0.1) is 19.8 Å². The summed E-state index contributed by atoms with van der Waals surface area (Å²) in [5, 5.41) is 26.6. The van der Waals surface area contributed by atoms with Crippen LogP contribution in [0.4, 0.5) is 5.82 Å². The molecule has 0 spiro atoms. The lowest BCUT2D eigenvalue weighted by Gasteiger charge is -2.26. The van der Waals surface area contributed by atoms with Crippen LogP contribution in [0.25, 0.3) is 0 Å². The summed E-state index contributed by atoms with van der Waals surface area (Å²) in [6.45, 7) is 3.43. The minimum Gasteiger partial charge on any atom is -0.465 e. The van der Waals surface area contributed by atoms with Crippen LogP contribution in [-0.4, -0.2) is 88.0 Å². The highest BCUT2D eigenvalue weighted by molar-refractivity contribution is 7.54. The Morgan fingerprint density at radius 1 is 1.26 bits per heavy atom. The third kappa shape index (κ3) is 5.26. The van der Waals surface area contributed by atoms with Crippen LogP contribution in [0, 0.1) is 0 Å². The van der Waals surface area contributed by atoms with Crippen molar-refractivity contribution in [2.24, 2.45) is 0 Å². The Morgan fingerprint density at radius 3 is 2.29 bits per heavy atom. The van der Waals surface area contributed by atoms with Crippen LogP contribution < -0.4 is 21.6 Å². The zero-order chi connectivity index (χ0) is 26.0. The Hall–Kier alpha value is -2.39. The number of aliphatic hydroxyl groups is 2. The number of nitrogens with one attached hydrogen (secondary N) is 2. The average molecular weight is 519 g/mol. The van der Waals surface area contributed by atoms with Crippen LogP contribution in [0.3, 0.4) is 0 Å². The first-order valence-corrected chi connectivity index (χ1v) is 12.5. The fraction of sp³-hybridized carbons (Fsp3) is 0.684.